The molecule has 3 rings (SSSR count). The Morgan fingerprint density at radius 2 is 2.17 bits per heavy atom. The minimum absolute atomic E-state index is 0.0208. The quantitative estimate of drug-likeness (QED) is 0.877. The zero-order valence-electron chi connectivity index (χ0n) is 12.8. The molecule has 1 unspecified atom stereocenters. The van der Waals surface area contributed by atoms with Crippen LogP contribution in [0.25, 0.3) is 0 Å². The monoisotopic (exact) mass is 313 g/mol. The minimum Gasteiger partial charge on any atom is -0.472 e. The number of rotatable bonds is 6. The molecule has 23 heavy (non-hydrogen) atoms. The van der Waals surface area contributed by atoms with Gasteiger partial charge >= 0.3 is 0 Å². The molecule has 1 atom stereocenters. The predicted molar refractivity (Wildman–Crippen MR) is 84.4 cm³/mol. The van der Waals surface area contributed by atoms with Gasteiger partial charge in [-0.3, -0.25) is 9.78 Å². The molecule has 0 radical (unpaired) electrons. The van der Waals surface area contributed by atoms with Crippen molar-refractivity contribution in [2.75, 3.05) is 19.8 Å². The zero-order chi connectivity index (χ0) is 15.9. The third-order valence-electron chi connectivity index (χ3n) is 3.62. The van der Waals surface area contributed by atoms with E-state index in [0.29, 0.717) is 31.2 Å². The first-order valence-corrected chi connectivity index (χ1v) is 7.69. The molecule has 0 aliphatic carbocycles. The maximum atomic E-state index is 12.2. The summed E-state index contributed by atoms with van der Waals surface area (Å²) in [5.74, 6) is 0.330. The van der Waals surface area contributed by atoms with Gasteiger partial charge in [-0.1, -0.05) is 0 Å². The Kier molecular flexibility index (Phi) is 5.16. The number of pyridine rings is 2. The Hall–Kier alpha value is -2.47. The van der Waals surface area contributed by atoms with Gasteiger partial charge in [-0.25, -0.2) is 4.98 Å². The van der Waals surface area contributed by atoms with E-state index in [2.05, 4.69) is 15.3 Å². The maximum absolute atomic E-state index is 12.2. The van der Waals surface area contributed by atoms with Crippen molar-refractivity contribution in [2.24, 2.45) is 0 Å². The molecule has 1 saturated heterocycles. The third-order valence-corrected chi connectivity index (χ3v) is 3.62. The lowest BCUT2D eigenvalue weighted by molar-refractivity contribution is 0.0952. The van der Waals surface area contributed by atoms with E-state index < -0.39 is 0 Å². The van der Waals surface area contributed by atoms with E-state index in [1.165, 1.54) is 0 Å². The van der Waals surface area contributed by atoms with Gasteiger partial charge in [0.05, 0.1) is 13.2 Å². The van der Waals surface area contributed by atoms with Gasteiger partial charge in [-0.2, -0.15) is 0 Å². The van der Waals surface area contributed by atoms with Crippen molar-refractivity contribution in [3.63, 3.8) is 0 Å². The highest BCUT2D eigenvalue weighted by molar-refractivity contribution is 5.94. The number of aromatic nitrogens is 2. The first kappa shape index (κ1) is 15.4. The number of amides is 1. The summed E-state index contributed by atoms with van der Waals surface area (Å²) in [5.41, 5.74) is 1.68. The molecule has 2 aromatic heterocycles. The zero-order valence-corrected chi connectivity index (χ0v) is 12.8. The molecular formula is C17H19N3O3. The SMILES string of the molecule is O=C(NCCc1ccncc1)c1ccnc(OC2CCOC2)c1. The molecule has 3 heterocycles. The second kappa shape index (κ2) is 7.69. The van der Waals surface area contributed by atoms with Gasteiger partial charge in [0.15, 0.2) is 0 Å². The summed E-state index contributed by atoms with van der Waals surface area (Å²) in [6.07, 6.45) is 6.72. The fraction of sp³-hybridized carbons (Fsp3) is 0.353. The van der Waals surface area contributed by atoms with Crippen LogP contribution in [0, 0.1) is 0 Å². The van der Waals surface area contributed by atoms with Gasteiger partial charge in [0.2, 0.25) is 5.88 Å². The van der Waals surface area contributed by atoms with Crippen molar-refractivity contribution in [2.45, 2.75) is 18.9 Å². The second-order valence-electron chi connectivity index (χ2n) is 5.35. The van der Waals surface area contributed by atoms with E-state index in [0.717, 1.165) is 18.4 Å². The van der Waals surface area contributed by atoms with Crippen molar-refractivity contribution < 1.29 is 14.3 Å². The second-order valence-corrected chi connectivity index (χ2v) is 5.35. The minimum atomic E-state index is -0.131. The lowest BCUT2D eigenvalue weighted by atomic mass is 10.2. The van der Waals surface area contributed by atoms with Crippen LogP contribution in [-0.4, -0.2) is 41.7 Å². The fourth-order valence-electron chi connectivity index (χ4n) is 2.36. The summed E-state index contributed by atoms with van der Waals surface area (Å²) in [4.78, 5) is 20.3. The van der Waals surface area contributed by atoms with Gasteiger partial charge in [-0.15, -0.1) is 0 Å². The Morgan fingerprint density at radius 3 is 2.96 bits per heavy atom. The van der Waals surface area contributed by atoms with E-state index in [1.807, 2.05) is 12.1 Å². The van der Waals surface area contributed by atoms with E-state index in [-0.39, 0.29) is 12.0 Å². The van der Waals surface area contributed by atoms with Gasteiger partial charge in [-0.05, 0) is 30.2 Å². The number of nitrogens with zero attached hydrogens (tertiary/aromatic N) is 2. The molecule has 0 saturated carbocycles. The van der Waals surface area contributed by atoms with E-state index in [9.17, 15) is 4.79 Å². The summed E-state index contributed by atoms with van der Waals surface area (Å²) >= 11 is 0. The number of hydrogen-bond donors (Lipinski definition) is 1. The van der Waals surface area contributed by atoms with Crippen molar-refractivity contribution in [3.05, 3.63) is 54.0 Å². The molecule has 1 N–H and O–H groups in total. The summed E-state index contributed by atoms with van der Waals surface area (Å²) in [5, 5.41) is 2.90. The number of ether oxygens (including phenoxy) is 2. The molecule has 0 spiro atoms. The van der Waals surface area contributed by atoms with Crippen molar-refractivity contribution >= 4 is 5.91 Å². The average Bonchev–Trinajstić information content (AvgIpc) is 3.09. The van der Waals surface area contributed by atoms with E-state index >= 15 is 0 Å². The van der Waals surface area contributed by atoms with Crippen molar-refractivity contribution in [1.29, 1.82) is 0 Å². The third kappa shape index (κ3) is 4.50. The van der Waals surface area contributed by atoms with Crippen molar-refractivity contribution in [1.82, 2.24) is 15.3 Å². The molecule has 6 nitrogen and oxygen atoms in total. The van der Waals surface area contributed by atoms with Crippen LogP contribution in [-0.2, 0) is 11.2 Å². The molecule has 0 aromatic carbocycles. The van der Waals surface area contributed by atoms with Crippen LogP contribution < -0.4 is 10.1 Å². The highest BCUT2D eigenvalue weighted by atomic mass is 16.5. The summed E-state index contributed by atoms with van der Waals surface area (Å²) in [6.45, 7) is 1.85. The molecular weight excluding hydrogens is 294 g/mol. The van der Waals surface area contributed by atoms with Crippen LogP contribution in [0.4, 0.5) is 0 Å². The molecule has 0 bridgehead atoms. The highest BCUT2D eigenvalue weighted by Gasteiger charge is 2.18. The number of carbonyl (C=O) groups is 1. The summed E-state index contributed by atoms with van der Waals surface area (Å²) in [7, 11) is 0. The van der Waals surface area contributed by atoms with Gasteiger partial charge in [0, 0.05) is 43.2 Å². The molecule has 1 amide bonds. The average molecular weight is 313 g/mol. The van der Waals surface area contributed by atoms with Gasteiger partial charge < -0.3 is 14.8 Å². The largest absolute Gasteiger partial charge is 0.472 e. The molecule has 1 aliphatic rings. The van der Waals surface area contributed by atoms with Crippen LogP contribution in [0.15, 0.2) is 42.9 Å². The normalized spacial score (nSPS) is 17.0. The first-order chi connectivity index (χ1) is 11.3. The predicted octanol–water partition coefficient (Wildman–Crippen LogP) is 1.62. The lowest BCUT2D eigenvalue weighted by Gasteiger charge is -2.11. The first-order valence-electron chi connectivity index (χ1n) is 7.69. The highest BCUT2D eigenvalue weighted by Crippen LogP contribution is 2.15. The molecule has 1 fully saturated rings. The van der Waals surface area contributed by atoms with Crippen LogP contribution in [0.3, 0.4) is 0 Å². The molecule has 1 aliphatic heterocycles. The number of carbonyl (C=O) groups excluding carboxylic acids is 1. The topological polar surface area (TPSA) is 73.3 Å². The number of hydrogen-bond acceptors (Lipinski definition) is 5. The van der Waals surface area contributed by atoms with Crippen LogP contribution in [0.2, 0.25) is 0 Å². The standard InChI is InChI=1S/C17H19N3O3/c21-17(20-8-3-13-1-6-18-7-2-13)14-4-9-19-16(11-14)23-15-5-10-22-12-15/h1-2,4,6-7,9,11,15H,3,5,8,10,12H2,(H,20,21). The Morgan fingerprint density at radius 1 is 1.30 bits per heavy atom. The van der Waals surface area contributed by atoms with Gasteiger partial charge in [0.25, 0.3) is 5.91 Å². The molecule has 120 valence electrons. The van der Waals surface area contributed by atoms with E-state index in [4.69, 9.17) is 9.47 Å². The van der Waals surface area contributed by atoms with Crippen molar-refractivity contribution in [3.8, 4) is 5.88 Å². The number of nitrogens with one attached hydrogen (secondary N) is 1. The molecule has 6 heteroatoms. The Labute approximate surface area is 134 Å². The Balaban J connectivity index is 1.52. The van der Waals surface area contributed by atoms with Crippen LogP contribution >= 0.6 is 0 Å². The molecule has 2 aromatic rings. The van der Waals surface area contributed by atoms with E-state index in [1.54, 1.807) is 30.7 Å². The van der Waals surface area contributed by atoms with Crippen LogP contribution in [0.5, 0.6) is 5.88 Å². The fourth-order valence-corrected chi connectivity index (χ4v) is 2.36. The van der Waals surface area contributed by atoms with Crippen LogP contribution in [0.1, 0.15) is 22.3 Å². The lowest BCUT2D eigenvalue weighted by Crippen LogP contribution is -2.26. The maximum Gasteiger partial charge on any atom is 0.251 e. The summed E-state index contributed by atoms with van der Waals surface area (Å²) in [6, 6.07) is 7.22. The summed E-state index contributed by atoms with van der Waals surface area (Å²) < 4.78 is 11.0. The Bertz CT molecular complexity index is 643. The smallest absolute Gasteiger partial charge is 0.251 e. The van der Waals surface area contributed by atoms with Gasteiger partial charge in [0.1, 0.15) is 6.10 Å².